The molecule has 0 atom stereocenters. The van der Waals surface area contributed by atoms with Gasteiger partial charge in [0.1, 0.15) is 5.52 Å². The zero-order valence-electron chi connectivity index (χ0n) is 23.5. The molecule has 1 aliphatic rings. The predicted molar refractivity (Wildman–Crippen MR) is 174 cm³/mol. The molecule has 3 nitrogen and oxygen atoms in total. The highest BCUT2D eigenvalue weighted by Crippen LogP contribution is 2.52. The van der Waals surface area contributed by atoms with Crippen molar-refractivity contribution in [2.75, 3.05) is 0 Å². The van der Waals surface area contributed by atoms with E-state index in [2.05, 4.69) is 134 Å². The monoisotopic (exact) mass is 537 g/mol. The smallest absolute Gasteiger partial charge is 0.113 e. The van der Waals surface area contributed by atoms with Gasteiger partial charge in [0.15, 0.2) is 0 Å². The van der Waals surface area contributed by atoms with Crippen LogP contribution in [0.25, 0.3) is 71.6 Å². The van der Waals surface area contributed by atoms with Gasteiger partial charge in [0, 0.05) is 34.1 Å². The van der Waals surface area contributed by atoms with E-state index in [1.807, 2.05) is 12.4 Å². The number of nitrogens with zero attached hydrogens (tertiary/aromatic N) is 3. The van der Waals surface area contributed by atoms with Gasteiger partial charge in [0.2, 0.25) is 0 Å². The summed E-state index contributed by atoms with van der Waals surface area (Å²) in [4.78, 5) is 9.96. The van der Waals surface area contributed by atoms with Gasteiger partial charge in [-0.3, -0.25) is 9.97 Å². The molecule has 42 heavy (non-hydrogen) atoms. The standard InChI is InChI=1S/C39H27N3/c1-39(2)31-15-7-5-13-29(31)36-27(14-9-16-32(36)39)28-18-19-34(38-37(28)40-20-21-41-38)42-33-17-8-6-12-26(33)30-22-24-10-3-4-11-25(24)23-35(30)42/h3-23H,1-2H3. The fraction of sp³-hybridized carbons (Fsp3) is 0.0769. The summed E-state index contributed by atoms with van der Waals surface area (Å²) in [6, 6.07) is 41.9. The molecule has 0 N–H and O–H groups in total. The van der Waals surface area contributed by atoms with E-state index >= 15 is 0 Å². The highest BCUT2D eigenvalue weighted by atomic mass is 15.0. The van der Waals surface area contributed by atoms with Crippen LogP contribution in [0.15, 0.2) is 128 Å². The molecule has 0 amide bonds. The van der Waals surface area contributed by atoms with Crippen molar-refractivity contribution in [3.63, 3.8) is 0 Å². The Bertz CT molecular complexity index is 2390. The average Bonchev–Trinajstić information content (AvgIpc) is 3.48. The maximum absolute atomic E-state index is 4.98. The molecule has 0 saturated heterocycles. The van der Waals surface area contributed by atoms with E-state index in [0.29, 0.717) is 0 Å². The Morgan fingerprint density at radius 2 is 1.21 bits per heavy atom. The molecule has 0 unspecified atom stereocenters. The van der Waals surface area contributed by atoms with Gasteiger partial charge in [-0.15, -0.1) is 0 Å². The Labute approximate surface area is 243 Å². The molecule has 1 aliphatic carbocycles. The molecular formula is C39H27N3. The van der Waals surface area contributed by atoms with Crippen LogP contribution in [0, 0.1) is 0 Å². The van der Waals surface area contributed by atoms with Crippen LogP contribution >= 0.6 is 0 Å². The first-order valence-electron chi connectivity index (χ1n) is 14.5. The second-order valence-electron chi connectivity index (χ2n) is 11.9. The maximum Gasteiger partial charge on any atom is 0.113 e. The van der Waals surface area contributed by atoms with Crippen LogP contribution in [-0.2, 0) is 5.41 Å². The molecule has 0 fully saturated rings. The molecule has 0 bridgehead atoms. The lowest BCUT2D eigenvalue weighted by atomic mass is 9.82. The van der Waals surface area contributed by atoms with Crippen molar-refractivity contribution in [1.82, 2.24) is 14.5 Å². The molecule has 0 radical (unpaired) electrons. The minimum atomic E-state index is -0.0604. The third kappa shape index (κ3) is 3.05. The first-order chi connectivity index (χ1) is 20.6. The number of fused-ring (bicyclic) bond motifs is 8. The number of hydrogen-bond donors (Lipinski definition) is 0. The van der Waals surface area contributed by atoms with Gasteiger partial charge in [-0.05, 0) is 68.9 Å². The molecule has 6 aromatic carbocycles. The normalized spacial score (nSPS) is 13.7. The molecule has 3 heteroatoms. The third-order valence-electron chi connectivity index (χ3n) is 9.28. The van der Waals surface area contributed by atoms with Gasteiger partial charge in [0.05, 0.1) is 22.2 Å². The second-order valence-corrected chi connectivity index (χ2v) is 11.9. The van der Waals surface area contributed by atoms with Gasteiger partial charge < -0.3 is 4.57 Å². The Hall–Kier alpha value is -5.28. The summed E-state index contributed by atoms with van der Waals surface area (Å²) in [6.07, 6.45) is 3.63. The van der Waals surface area contributed by atoms with Crippen molar-refractivity contribution in [3.8, 4) is 27.9 Å². The Balaban J connectivity index is 1.36. The van der Waals surface area contributed by atoms with Gasteiger partial charge in [0.25, 0.3) is 0 Å². The third-order valence-corrected chi connectivity index (χ3v) is 9.28. The average molecular weight is 538 g/mol. The van der Waals surface area contributed by atoms with E-state index in [1.165, 1.54) is 60.4 Å². The first kappa shape index (κ1) is 23.4. The molecule has 0 aliphatic heterocycles. The summed E-state index contributed by atoms with van der Waals surface area (Å²) in [5.41, 5.74) is 12.8. The molecule has 8 aromatic rings. The second kappa shape index (κ2) is 8.37. The van der Waals surface area contributed by atoms with E-state index in [9.17, 15) is 0 Å². The van der Waals surface area contributed by atoms with Crippen LogP contribution in [0.1, 0.15) is 25.0 Å². The predicted octanol–water partition coefficient (Wildman–Crippen LogP) is 9.85. The zero-order chi connectivity index (χ0) is 28.0. The summed E-state index contributed by atoms with van der Waals surface area (Å²) in [7, 11) is 0. The van der Waals surface area contributed by atoms with Gasteiger partial charge in [-0.25, -0.2) is 0 Å². The molecule has 9 rings (SSSR count). The SMILES string of the molecule is CC1(C)c2ccccc2-c2c(-c3ccc(-n4c5ccccc5c5cc6ccccc6cc54)c4nccnc34)cccc21. The van der Waals surface area contributed by atoms with Crippen LogP contribution in [0.5, 0.6) is 0 Å². The van der Waals surface area contributed by atoms with Gasteiger partial charge in [-0.1, -0.05) is 98.8 Å². The number of benzene rings is 6. The highest BCUT2D eigenvalue weighted by molar-refractivity contribution is 6.14. The molecule has 198 valence electrons. The number of rotatable bonds is 2. The van der Waals surface area contributed by atoms with E-state index in [4.69, 9.17) is 9.97 Å². The largest absolute Gasteiger partial charge is 0.307 e. The number of para-hydroxylation sites is 1. The molecule has 2 heterocycles. The zero-order valence-corrected chi connectivity index (χ0v) is 23.5. The first-order valence-corrected chi connectivity index (χ1v) is 14.5. The topological polar surface area (TPSA) is 30.7 Å². The van der Waals surface area contributed by atoms with E-state index in [1.54, 1.807) is 0 Å². The number of hydrogen-bond acceptors (Lipinski definition) is 2. The van der Waals surface area contributed by atoms with Crippen LogP contribution in [0.2, 0.25) is 0 Å². The summed E-state index contributed by atoms with van der Waals surface area (Å²) >= 11 is 0. The van der Waals surface area contributed by atoms with Crippen LogP contribution < -0.4 is 0 Å². The number of aromatic nitrogens is 3. The molecule has 0 spiro atoms. The Morgan fingerprint density at radius 3 is 2.10 bits per heavy atom. The summed E-state index contributed by atoms with van der Waals surface area (Å²) in [5.74, 6) is 0. The lowest BCUT2D eigenvalue weighted by Gasteiger charge is -2.21. The van der Waals surface area contributed by atoms with Crippen molar-refractivity contribution in [2.24, 2.45) is 0 Å². The van der Waals surface area contributed by atoms with E-state index in [0.717, 1.165) is 22.3 Å². The lowest BCUT2D eigenvalue weighted by molar-refractivity contribution is 0.660. The van der Waals surface area contributed by atoms with Crippen LogP contribution in [0.3, 0.4) is 0 Å². The van der Waals surface area contributed by atoms with E-state index in [-0.39, 0.29) is 5.41 Å². The molecule has 0 saturated carbocycles. The minimum Gasteiger partial charge on any atom is -0.307 e. The van der Waals surface area contributed by atoms with E-state index < -0.39 is 0 Å². The summed E-state index contributed by atoms with van der Waals surface area (Å²) in [6.45, 7) is 4.66. The maximum atomic E-state index is 4.98. The summed E-state index contributed by atoms with van der Waals surface area (Å²) in [5, 5.41) is 4.94. The molecule has 2 aromatic heterocycles. The quantitative estimate of drug-likeness (QED) is 0.220. The highest BCUT2D eigenvalue weighted by Gasteiger charge is 2.36. The van der Waals surface area contributed by atoms with Crippen molar-refractivity contribution < 1.29 is 0 Å². The Kier molecular flexibility index (Phi) is 4.67. The van der Waals surface area contributed by atoms with Crippen LogP contribution in [-0.4, -0.2) is 14.5 Å². The fourth-order valence-electron chi connectivity index (χ4n) is 7.33. The van der Waals surface area contributed by atoms with Crippen molar-refractivity contribution in [2.45, 2.75) is 19.3 Å². The molecular weight excluding hydrogens is 510 g/mol. The van der Waals surface area contributed by atoms with Crippen LogP contribution in [0.4, 0.5) is 0 Å². The van der Waals surface area contributed by atoms with Crippen molar-refractivity contribution in [3.05, 3.63) is 139 Å². The van der Waals surface area contributed by atoms with Crippen molar-refractivity contribution >= 4 is 43.6 Å². The minimum absolute atomic E-state index is 0.0604. The van der Waals surface area contributed by atoms with Gasteiger partial charge in [-0.2, -0.15) is 0 Å². The summed E-state index contributed by atoms with van der Waals surface area (Å²) < 4.78 is 2.37. The lowest BCUT2D eigenvalue weighted by Crippen LogP contribution is -2.14. The van der Waals surface area contributed by atoms with Gasteiger partial charge >= 0.3 is 0 Å². The van der Waals surface area contributed by atoms with Crippen molar-refractivity contribution in [1.29, 1.82) is 0 Å². The Morgan fingerprint density at radius 1 is 0.524 bits per heavy atom. The fourth-order valence-corrected chi connectivity index (χ4v) is 7.33.